The first-order chi connectivity index (χ1) is 11.4. The fourth-order valence-corrected chi connectivity index (χ4v) is 1.98. The van der Waals surface area contributed by atoms with Crippen molar-refractivity contribution in [3.8, 4) is 22.7 Å². The van der Waals surface area contributed by atoms with Crippen LogP contribution in [0.1, 0.15) is 0 Å². The van der Waals surface area contributed by atoms with Crippen LogP contribution in [-0.2, 0) is 4.79 Å². The van der Waals surface area contributed by atoms with Gasteiger partial charge in [-0.1, -0.05) is 30.3 Å². The smallest absolute Gasteiger partial charge is 0.420 e. The summed E-state index contributed by atoms with van der Waals surface area (Å²) in [5, 5.41) is 1.73. The van der Waals surface area contributed by atoms with Crippen LogP contribution in [0.25, 0.3) is 22.7 Å². The Labute approximate surface area is 134 Å². The van der Waals surface area contributed by atoms with Gasteiger partial charge in [-0.15, -0.1) is 0 Å². The standard InChI is InChI=1S/C16H10F3N3O2/c17-16(18,19)15(23)22-14-12(10-5-2-1-3-6-10)21-13(24-14)11-7-4-8-20-9-11/h1-9H,(H,22,23). The fraction of sp³-hybridized carbons (Fsp3) is 0.0625. The summed E-state index contributed by atoms with van der Waals surface area (Å²) < 4.78 is 42.9. The van der Waals surface area contributed by atoms with E-state index in [1.165, 1.54) is 12.4 Å². The predicted molar refractivity (Wildman–Crippen MR) is 79.9 cm³/mol. The van der Waals surface area contributed by atoms with E-state index in [1.54, 1.807) is 47.8 Å². The van der Waals surface area contributed by atoms with Crippen LogP contribution in [0, 0.1) is 0 Å². The first-order valence-corrected chi connectivity index (χ1v) is 6.80. The lowest BCUT2D eigenvalue weighted by Gasteiger charge is -2.06. The zero-order valence-corrected chi connectivity index (χ0v) is 12.0. The number of hydrogen-bond donors (Lipinski definition) is 1. The molecule has 1 aromatic carbocycles. The number of alkyl halides is 3. The molecule has 0 aliphatic heterocycles. The molecule has 122 valence electrons. The number of hydrogen-bond acceptors (Lipinski definition) is 4. The van der Waals surface area contributed by atoms with Crippen molar-refractivity contribution in [2.24, 2.45) is 0 Å². The second-order valence-corrected chi connectivity index (χ2v) is 4.76. The second kappa shape index (κ2) is 6.15. The summed E-state index contributed by atoms with van der Waals surface area (Å²) in [6, 6.07) is 11.7. The van der Waals surface area contributed by atoms with Crippen molar-refractivity contribution in [2.45, 2.75) is 6.18 Å². The van der Waals surface area contributed by atoms with Crippen molar-refractivity contribution in [1.29, 1.82) is 0 Å². The number of pyridine rings is 1. The number of aromatic nitrogens is 2. The minimum atomic E-state index is -5.03. The quantitative estimate of drug-likeness (QED) is 0.789. The Morgan fingerprint density at radius 1 is 1.04 bits per heavy atom. The molecule has 0 spiro atoms. The van der Waals surface area contributed by atoms with Gasteiger partial charge in [0.05, 0.1) is 5.56 Å². The number of carbonyl (C=O) groups excluding carboxylic acids is 1. The number of anilines is 1. The maximum Gasteiger partial charge on any atom is 0.471 e. The summed E-state index contributed by atoms with van der Waals surface area (Å²) in [5.41, 5.74) is 1.09. The van der Waals surface area contributed by atoms with Gasteiger partial charge in [-0.25, -0.2) is 4.98 Å². The molecule has 5 nitrogen and oxygen atoms in total. The Morgan fingerprint density at radius 3 is 2.38 bits per heavy atom. The number of benzene rings is 1. The first-order valence-electron chi connectivity index (χ1n) is 6.80. The normalized spacial score (nSPS) is 11.3. The summed E-state index contributed by atoms with van der Waals surface area (Å²) in [7, 11) is 0. The first kappa shape index (κ1) is 15.7. The summed E-state index contributed by atoms with van der Waals surface area (Å²) in [4.78, 5) is 19.3. The van der Waals surface area contributed by atoms with Crippen LogP contribution in [0.2, 0.25) is 0 Å². The van der Waals surface area contributed by atoms with Crippen LogP contribution >= 0.6 is 0 Å². The molecule has 2 heterocycles. The highest BCUT2D eigenvalue weighted by atomic mass is 19.4. The van der Waals surface area contributed by atoms with Gasteiger partial charge in [-0.05, 0) is 12.1 Å². The Kier molecular flexibility index (Phi) is 4.03. The van der Waals surface area contributed by atoms with Crippen molar-refractivity contribution in [2.75, 3.05) is 5.32 Å². The third kappa shape index (κ3) is 3.27. The number of rotatable bonds is 3. The number of oxazole rings is 1. The molecule has 3 aromatic rings. The molecule has 1 N–H and O–H groups in total. The molecule has 0 aliphatic carbocycles. The maximum absolute atomic E-state index is 12.5. The van der Waals surface area contributed by atoms with E-state index in [0.717, 1.165) is 0 Å². The molecule has 0 bridgehead atoms. The summed E-state index contributed by atoms with van der Waals surface area (Å²) >= 11 is 0. The Balaban J connectivity index is 2.05. The monoisotopic (exact) mass is 333 g/mol. The van der Waals surface area contributed by atoms with Crippen molar-refractivity contribution >= 4 is 11.8 Å². The highest BCUT2D eigenvalue weighted by Gasteiger charge is 2.40. The molecule has 0 saturated heterocycles. The molecule has 0 atom stereocenters. The van der Waals surface area contributed by atoms with Crippen LogP contribution in [0.5, 0.6) is 0 Å². The van der Waals surface area contributed by atoms with E-state index >= 15 is 0 Å². The highest BCUT2D eigenvalue weighted by molar-refractivity contribution is 5.96. The molecule has 0 radical (unpaired) electrons. The van der Waals surface area contributed by atoms with E-state index in [-0.39, 0.29) is 17.5 Å². The third-order valence-electron chi connectivity index (χ3n) is 3.07. The predicted octanol–water partition coefficient (Wildman–Crippen LogP) is 3.90. The van der Waals surface area contributed by atoms with Crippen molar-refractivity contribution in [1.82, 2.24) is 9.97 Å². The van der Waals surface area contributed by atoms with E-state index in [1.807, 2.05) is 0 Å². The number of amides is 1. The number of halogens is 3. The van der Waals surface area contributed by atoms with E-state index in [4.69, 9.17) is 4.42 Å². The SMILES string of the molecule is O=C(Nc1oc(-c2cccnc2)nc1-c1ccccc1)C(F)(F)F. The summed E-state index contributed by atoms with van der Waals surface area (Å²) in [6.07, 6.45) is -2.04. The van der Waals surface area contributed by atoms with Gasteiger partial charge < -0.3 is 4.42 Å². The zero-order valence-electron chi connectivity index (χ0n) is 12.0. The van der Waals surface area contributed by atoms with E-state index in [0.29, 0.717) is 11.1 Å². The number of nitrogens with zero attached hydrogens (tertiary/aromatic N) is 2. The Morgan fingerprint density at radius 2 is 1.75 bits per heavy atom. The third-order valence-corrected chi connectivity index (χ3v) is 3.07. The van der Waals surface area contributed by atoms with Gasteiger partial charge >= 0.3 is 12.1 Å². The molecule has 8 heteroatoms. The Bertz CT molecular complexity index is 846. The van der Waals surface area contributed by atoms with E-state index < -0.39 is 12.1 Å². The van der Waals surface area contributed by atoms with Gasteiger partial charge in [-0.2, -0.15) is 13.2 Å². The lowest BCUT2D eigenvalue weighted by atomic mass is 10.1. The van der Waals surface area contributed by atoms with E-state index in [2.05, 4.69) is 9.97 Å². The molecule has 24 heavy (non-hydrogen) atoms. The average molecular weight is 333 g/mol. The molecular formula is C16H10F3N3O2. The molecule has 0 aliphatic rings. The van der Waals surface area contributed by atoms with Gasteiger partial charge in [0, 0.05) is 18.0 Å². The molecule has 0 saturated carbocycles. The lowest BCUT2D eigenvalue weighted by molar-refractivity contribution is -0.167. The second-order valence-electron chi connectivity index (χ2n) is 4.76. The van der Waals surface area contributed by atoms with Crippen molar-refractivity contribution in [3.63, 3.8) is 0 Å². The molecule has 1 amide bonds. The van der Waals surface area contributed by atoms with Crippen LogP contribution in [0.3, 0.4) is 0 Å². The topological polar surface area (TPSA) is 68.0 Å². The maximum atomic E-state index is 12.5. The molecule has 0 unspecified atom stereocenters. The van der Waals surface area contributed by atoms with Crippen LogP contribution in [0.15, 0.2) is 59.3 Å². The molecular weight excluding hydrogens is 323 g/mol. The number of carbonyl (C=O) groups is 1. The minimum Gasteiger partial charge on any atom is -0.420 e. The highest BCUT2D eigenvalue weighted by Crippen LogP contribution is 2.33. The van der Waals surface area contributed by atoms with Crippen LogP contribution < -0.4 is 5.32 Å². The van der Waals surface area contributed by atoms with Crippen LogP contribution in [-0.4, -0.2) is 22.1 Å². The van der Waals surface area contributed by atoms with Gasteiger partial charge in [0.1, 0.15) is 5.69 Å². The van der Waals surface area contributed by atoms with Crippen LogP contribution in [0.4, 0.5) is 19.1 Å². The van der Waals surface area contributed by atoms with Gasteiger partial charge in [-0.3, -0.25) is 15.1 Å². The minimum absolute atomic E-state index is 0.0550. The average Bonchev–Trinajstić information content (AvgIpc) is 2.99. The molecule has 3 rings (SSSR count). The van der Waals surface area contributed by atoms with Crippen molar-refractivity contribution in [3.05, 3.63) is 54.9 Å². The fourth-order valence-electron chi connectivity index (χ4n) is 1.98. The molecule has 0 fully saturated rings. The summed E-state index contributed by atoms with van der Waals surface area (Å²) in [5.74, 6) is -2.45. The summed E-state index contributed by atoms with van der Waals surface area (Å²) in [6.45, 7) is 0. The lowest BCUT2D eigenvalue weighted by Crippen LogP contribution is -2.29. The van der Waals surface area contributed by atoms with Gasteiger partial charge in [0.25, 0.3) is 0 Å². The Hall–Kier alpha value is -3.16. The van der Waals surface area contributed by atoms with Crippen molar-refractivity contribution < 1.29 is 22.4 Å². The number of nitrogens with one attached hydrogen (secondary N) is 1. The largest absolute Gasteiger partial charge is 0.471 e. The van der Waals surface area contributed by atoms with E-state index in [9.17, 15) is 18.0 Å². The van der Waals surface area contributed by atoms with Gasteiger partial charge in [0.15, 0.2) is 0 Å². The van der Waals surface area contributed by atoms with Gasteiger partial charge in [0.2, 0.25) is 11.8 Å². The zero-order chi connectivity index (χ0) is 17.2. The molecule has 2 aromatic heterocycles.